The van der Waals surface area contributed by atoms with Gasteiger partial charge in [-0.1, -0.05) is 27.7 Å². The third-order valence-electron chi connectivity index (χ3n) is 3.30. The molecule has 0 spiro atoms. The van der Waals surface area contributed by atoms with Crippen LogP contribution in [0.3, 0.4) is 0 Å². The van der Waals surface area contributed by atoms with Crippen LogP contribution in [0.25, 0.3) is 0 Å². The van der Waals surface area contributed by atoms with Crippen LogP contribution in [0.1, 0.15) is 55.4 Å². The van der Waals surface area contributed by atoms with Crippen LogP contribution in [0.15, 0.2) is 0 Å². The number of hydrogen-bond acceptors (Lipinski definition) is 4. The zero-order valence-electron chi connectivity index (χ0n) is 14.2. The predicted molar refractivity (Wildman–Crippen MR) is 84.5 cm³/mol. The lowest BCUT2D eigenvalue weighted by Gasteiger charge is -2.45. The summed E-state index contributed by atoms with van der Waals surface area (Å²) in [7, 11) is -8.84. The van der Waals surface area contributed by atoms with Crippen LogP contribution in [-0.4, -0.2) is 26.9 Å². The van der Waals surface area contributed by atoms with Gasteiger partial charge >= 0.3 is 15.2 Å². The fourth-order valence-corrected chi connectivity index (χ4v) is 8.55. The maximum atomic E-state index is 13.4. The molecule has 0 saturated heterocycles. The van der Waals surface area contributed by atoms with E-state index in [1.165, 1.54) is 0 Å². The maximum Gasteiger partial charge on any atom is 0.349 e. The van der Waals surface area contributed by atoms with Crippen molar-refractivity contribution in [2.45, 2.75) is 72.5 Å². The summed E-state index contributed by atoms with van der Waals surface area (Å²) in [6.45, 7) is 13.2. The van der Waals surface area contributed by atoms with Crippen LogP contribution in [0.2, 0.25) is 0 Å². The van der Waals surface area contributed by atoms with Gasteiger partial charge < -0.3 is 18.8 Å². The van der Waals surface area contributed by atoms with Crippen molar-refractivity contribution in [3.63, 3.8) is 0 Å². The Kier molecular flexibility index (Phi) is 7.35. The summed E-state index contributed by atoms with van der Waals surface area (Å²) in [5, 5.41) is 0. The number of rotatable bonds is 8. The van der Waals surface area contributed by atoms with Crippen LogP contribution in [0.4, 0.5) is 0 Å². The van der Waals surface area contributed by atoms with E-state index in [-0.39, 0.29) is 0 Å². The molecule has 0 heterocycles. The summed E-state index contributed by atoms with van der Waals surface area (Å²) in [5.41, 5.74) is 0. The van der Waals surface area contributed by atoms with Gasteiger partial charge in [-0.25, -0.2) is 0 Å². The van der Waals surface area contributed by atoms with Crippen molar-refractivity contribution in [3.05, 3.63) is 0 Å². The summed E-state index contributed by atoms with van der Waals surface area (Å²) >= 11 is 0. The van der Waals surface area contributed by atoms with E-state index in [1.54, 1.807) is 55.4 Å². The highest BCUT2D eigenvalue weighted by molar-refractivity contribution is 7.73. The van der Waals surface area contributed by atoms with E-state index < -0.39 is 44.1 Å². The molecule has 0 amide bonds. The Balaban J connectivity index is 6.41. The van der Waals surface area contributed by atoms with E-state index in [0.29, 0.717) is 0 Å². The van der Waals surface area contributed by atoms with Gasteiger partial charge in [0.05, 0.1) is 12.2 Å². The molecule has 128 valence electrons. The first kappa shape index (κ1) is 21.3. The van der Waals surface area contributed by atoms with E-state index in [4.69, 9.17) is 9.05 Å². The molecule has 0 aliphatic rings. The fourth-order valence-electron chi connectivity index (χ4n) is 2.88. The average molecular weight is 344 g/mol. The van der Waals surface area contributed by atoms with Gasteiger partial charge in [-0.15, -0.1) is 0 Å². The van der Waals surface area contributed by atoms with Crippen molar-refractivity contribution >= 4 is 15.2 Å². The van der Waals surface area contributed by atoms with Crippen molar-refractivity contribution < 1.29 is 28.0 Å². The lowest BCUT2D eigenvalue weighted by Crippen LogP contribution is -2.42. The SMILES string of the molecule is CC(C)OP(=O)(OC(C)C)C(C(C)C)(C(C)C)P(=O)(O)O. The lowest BCUT2D eigenvalue weighted by molar-refractivity contribution is 0.116. The minimum absolute atomic E-state index is 0.474. The second-order valence-corrected chi connectivity index (χ2v) is 10.8. The molecule has 0 atom stereocenters. The molecular formula is C13H30O6P2. The molecule has 0 aliphatic carbocycles. The summed E-state index contributed by atoms with van der Waals surface area (Å²) in [5.74, 6) is -1.16. The Morgan fingerprint density at radius 3 is 1.19 bits per heavy atom. The molecule has 0 aliphatic heterocycles. The summed E-state index contributed by atoms with van der Waals surface area (Å²) in [6.07, 6.45) is -0.948. The van der Waals surface area contributed by atoms with Crippen LogP contribution in [-0.2, 0) is 18.2 Å². The van der Waals surface area contributed by atoms with Gasteiger partial charge in [-0.3, -0.25) is 9.13 Å². The standard InChI is InChI=1S/C13H30O6P2/c1-9(2)13(10(3)4,20(14,15)16)21(17,18-11(5)6)19-12(7)8/h9-12H,1-8H3,(H2,14,15,16). The highest BCUT2D eigenvalue weighted by Gasteiger charge is 2.66. The molecule has 0 radical (unpaired) electrons. The molecular weight excluding hydrogens is 314 g/mol. The fraction of sp³-hybridized carbons (Fsp3) is 1.00. The van der Waals surface area contributed by atoms with E-state index in [1.807, 2.05) is 0 Å². The molecule has 0 aromatic rings. The van der Waals surface area contributed by atoms with Gasteiger partial charge in [-0.2, -0.15) is 0 Å². The van der Waals surface area contributed by atoms with Crippen molar-refractivity contribution in [1.82, 2.24) is 0 Å². The maximum absolute atomic E-state index is 13.4. The van der Waals surface area contributed by atoms with Crippen LogP contribution < -0.4 is 0 Å². The van der Waals surface area contributed by atoms with Gasteiger partial charge in [-0.05, 0) is 39.5 Å². The summed E-state index contributed by atoms with van der Waals surface area (Å²) in [6, 6.07) is 0. The highest BCUT2D eigenvalue weighted by Crippen LogP contribution is 2.79. The third kappa shape index (κ3) is 4.19. The summed E-state index contributed by atoms with van der Waals surface area (Å²) < 4.78 is 36.8. The minimum Gasteiger partial charge on any atom is -0.324 e. The van der Waals surface area contributed by atoms with Crippen LogP contribution in [0.5, 0.6) is 0 Å². The Hall–Kier alpha value is 0.300. The molecule has 0 unspecified atom stereocenters. The van der Waals surface area contributed by atoms with Crippen molar-refractivity contribution in [2.75, 3.05) is 0 Å². The molecule has 21 heavy (non-hydrogen) atoms. The first-order chi connectivity index (χ1) is 9.22. The second kappa shape index (κ2) is 7.25. The van der Waals surface area contributed by atoms with E-state index in [0.717, 1.165) is 0 Å². The molecule has 0 bridgehead atoms. The van der Waals surface area contributed by atoms with Gasteiger partial charge in [0.1, 0.15) is 0 Å². The largest absolute Gasteiger partial charge is 0.349 e. The van der Waals surface area contributed by atoms with E-state index in [2.05, 4.69) is 0 Å². The smallest absolute Gasteiger partial charge is 0.324 e. The minimum atomic E-state index is -4.77. The zero-order valence-corrected chi connectivity index (χ0v) is 16.0. The topological polar surface area (TPSA) is 93.1 Å². The van der Waals surface area contributed by atoms with Gasteiger partial charge in [0.15, 0.2) is 4.90 Å². The lowest BCUT2D eigenvalue weighted by atomic mass is 9.99. The molecule has 8 heteroatoms. The second-order valence-electron chi connectivity index (χ2n) is 6.44. The normalized spacial score (nSPS) is 14.8. The Labute approximate surface area is 128 Å². The first-order valence-electron chi connectivity index (χ1n) is 7.25. The van der Waals surface area contributed by atoms with Crippen LogP contribution >= 0.6 is 15.2 Å². The molecule has 0 rings (SSSR count). The molecule has 6 nitrogen and oxygen atoms in total. The third-order valence-corrected chi connectivity index (χ3v) is 10.1. The molecule has 0 fully saturated rings. The monoisotopic (exact) mass is 344 g/mol. The quantitative estimate of drug-likeness (QED) is 0.641. The van der Waals surface area contributed by atoms with Gasteiger partial charge in [0, 0.05) is 0 Å². The molecule has 0 aromatic carbocycles. The molecule has 0 aromatic heterocycles. The number of hydrogen-bond donors (Lipinski definition) is 2. The van der Waals surface area contributed by atoms with Gasteiger partial charge in [0.2, 0.25) is 0 Å². The Bertz CT molecular complexity index is 402. The average Bonchev–Trinajstić information content (AvgIpc) is 2.08. The molecule has 2 N–H and O–H groups in total. The van der Waals surface area contributed by atoms with E-state index in [9.17, 15) is 18.9 Å². The Morgan fingerprint density at radius 1 is 0.762 bits per heavy atom. The predicted octanol–water partition coefficient (Wildman–Crippen LogP) is 4.22. The first-order valence-corrected chi connectivity index (χ1v) is 10.4. The van der Waals surface area contributed by atoms with Crippen molar-refractivity contribution in [2.24, 2.45) is 11.8 Å². The Morgan fingerprint density at radius 2 is 1.05 bits per heavy atom. The zero-order chi connectivity index (χ0) is 17.2. The summed E-state index contributed by atoms with van der Waals surface area (Å²) in [4.78, 5) is 18.2. The van der Waals surface area contributed by atoms with Crippen LogP contribution in [0, 0.1) is 11.8 Å². The molecule has 0 saturated carbocycles. The van der Waals surface area contributed by atoms with Gasteiger partial charge in [0.25, 0.3) is 0 Å². The van der Waals surface area contributed by atoms with Crippen molar-refractivity contribution in [3.8, 4) is 0 Å². The van der Waals surface area contributed by atoms with Crippen molar-refractivity contribution in [1.29, 1.82) is 0 Å². The highest BCUT2D eigenvalue weighted by atomic mass is 31.2. The van der Waals surface area contributed by atoms with E-state index >= 15 is 0 Å².